The summed E-state index contributed by atoms with van der Waals surface area (Å²) in [4.78, 5) is 55.5. The predicted molar refractivity (Wildman–Crippen MR) is 116 cm³/mol. The van der Waals surface area contributed by atoms with Crippen molar-refractivity contribution in [3.8, 4) is 0 Å². The van der Waals surface area contributed by atoms with Crippen LogP contribution in [-0.4, -0.2) is 58.7 Å². The molecule has 1 saturated carbocycles. The number of nitro groups is 1. The summed E-state index contributed by atoms with van der Waals surface area (Å²) in [7, 11) is 2.83. The Labute approximate surface area is 186 Å². The third-order valence-corrected chi connectivity index (χ3v) is 8.14. The maximum Gasteiger partial charge on any atom is 0.332 e. The van der Waals surface area contributed by atoms with Crippen LogP contribution in [0.4, 0.5) is 16.2 Å². The fourth-order valence-corrected chi connectivity index (χ4v) is 7.56. The number of urea groups is 1. The summed E-state index contributed by atoms with van der Waals surface area (Å²) in [5, 5.41) is 11.5. The van der Waals surface area contributed by atoms with E-state index in [9.17, 15) is 24.5 Å². The molecule has 170 valence electrons. The van der Waals surface area contributed by atoms with E-state index in [2.05, 4.69) is 25.7 Å². The first-order valence-corrected chi connectivity index (χ1v) is 11.0. The number of rotatable bonds is 1. The molecule has 0 aromatic heterocycles. The molecule has 32 heavy (non-hydrogen) atoms. The Kier molecular flexibility index (Phi) is 3.97. The summed E-state index contributed by atoms with van der Waals surface area (Å²) >= 11 is 0. The number of amides is 4. The zero-order valence-electron chi connectivity index (χ0n) is 19.0. The molecule has 9 heteroatoms. The molecule has 1 aromatic rings. The number of anilines is 1. The molecule has 3 fully saturated rings. The number of nitro benzene ring substituents is 1. The van der Waals surface area contributed by atoms with Gasteiger partial charge in [0.1, 0.15) is 0 Å². The van der Waals surface area contributed by atoms with E-state index in [4.69, 9.17) is 0 Å². The summed E-state index contributed by atoms with van der Waals surface area (Å²) in [5.41, 5.74) is -0.392. The van der Waals surface area contributed by atoms with E-state index in [1.165, 1.54) is 26.2 Å². The van der Waals surface area contributed by atoms with Crippen molar-refractivity contribution in [1.29, 1.82) is 0 Å². The van der Waals surface area contributed by atoms with Gasteiger partial charge >= 0.3 is 6.03 Å². The third-order valence-electron chi connectivity index (χ3n) is 8.14. The molecule has 9 nitrogen and oxygen atoms in total. The van der Waals surface area contributed by atoms with Crippen LogP contribution in [0.1, 0.15) is 45.6 Å². The molecule has 0 unspecified atom stereocenters. The highest BCUT2D eigenvalue weighted by molar-refractivity contribution is 6.20. The van der Waals surface area contributed by atoms with Gasteiger partial charge in [-0.3, -0.25) is 29.5 Å². The minimum atomic E-state index is -1.50. The number of carbonyl (C=O) groups is 3. The second kappa shape index (κ2) is 6.08. The maximum absolute atomic E-state index is 13.8. The summed E-state index contributed by atoms with van der Waals surface area (Å²) in [6.45, 7) is 6.58. The third kappa shape index (κ3) is 2.42. The van der Waals surface area contributed by atoms with Crippen LogP contribution < -0.4 is 4.90 Å². The average molecular weight is 441 g/mol. The quantitative estimate of drug-likeness (QED) is 0.378. The van der Waals surface area contributed by atoms with Crippen LogP contribution in [0.2, 0.25) is 0 Å². The van der Waals surface area contributed by atoms with Crippen molar-refractivity contribution >= 4 is 29.2 Å². The summed E-state index contributed by atoms with van der Waals surface area (Å²) in [5.74, 6) is -1.02. The Hall–Kier alpha value is -2.97. The van der Waals surface area contributed by atoms with Gasteiger partial charge in [0.05, 0.1) is 11.0 Å². The number of imide groups is 2. The average Bonchev–Trinajstić information content (AvgIpc) is 2.94. The van der Waals surface area contributed by atoms with Gasteiger partial charge in [-0.15, -0.1) is 0 Å². The molecule has 3 heterocycles. The van der Waals surface area contributed by atoms with Gasteiger partial charge < -0.3 is 4.90 Å². The molecule has 2 bridgehead atoms. The van der Waals surface area contributed by atoms with E-state index in [-0.39, 0.29) is 29.0 Å². The predicted octanol–water partition coefficient (Wildman–Crippen LogP) is 2.96. The Morgan fingerprint density at radius 3 is 2.25 bits per heavy atom. The lowest BCUT2D eigenvalue weighted by molar-refractivity contribution is -0.384. The lowest BCUT2D eigenvalue weighted by Crippen LogP contribution is -2.72. The smallest absolute Gasteiger partial charge is 0.332 e. The molecule has 1 aromatic carbocycles. The van der Waals surface area contributed by atoms with E-state index in [1.54, 1.807) is 6.07 Å². The van der Waals surface area contributed by atoms with Crippen LogP contribution in [0, 0.1) is 26.4 Å². The van der Waals surface area contributed by atoms with Crippen molar-refractivity contribution in [2.45, 2.75) is 58.5 Å². The summed E-state index contributed by atoms with van der Waals surface area (Å²) < 4.78 is 0. The van der Waals surface area contributed by atoms with Gasteiger partial charge in [-0.2, -0.15) is 0 Å². The summed E-state index contributed by atoms with van der Waals surface area (Å²) in [6, 6.07) is 3.79. The molecule has 5 rings (SSSR count). The number of nitrogens with zero attached hydrogens (tertiary/aromatic N) is 4. The van der Waals surface area contributed by atoms with Crippen molar-refractivity contribution in [3.05, 3.63) is 33.9 Å². The summed E-state index contributed by atoms with van der Waals surface area (Å²) in [6.07, 6.45) is 2.64. The van der Waals surface area contributed by atoms with Crippen molar-refractivity contribution in [2.75, 3.05) is 19.0 Å². The van der Waals surface area contributed by atoms with Gasteiger partial charge in [0.25, 0.3) is 5.69 Å². The molecular formula is C23H28N4O5. The number of hydrogen-bond donors (Lipinski definition) is 0. The zero-order valence-corrected chi connectivity index (χ0v) is 19.0. The minimum absolute atomic E-state index is 0.0194. The monoisotopic (exact) mass is 440 g/mol. The lowest BCUT2D eigenvalue weighted by Gasteiger charge is -2.54. The van der Waals surface area contributed by atoms with Crippen LogP contribution >= 0.6 is 0 Å². The first-order chi connectivity index (χ1) is 14.8. The van der Waals surface area contributed by atoms with Gasteiger partial charge in [0, 0.05) is 44.4 Å². The molecule has 3 aliphatic heterocycles. The van der Waals surface area contributed by atoms with E-state index in [0.29, 0.717) is 5.56 Å². The SMILES string of the molecule is CN1C(=O)N(C)C(=O)C2(Cc3cc([N+](=O)[O-])ccc3N3[C@H]4CC(C)(C)C[C@@](C)(C4)[C@@H]32)C1=O. The molecular weight excluding hydrogens is 412 g/mol. The number of fused-ring (bicyclic) bond motifs is 8. The standard InChI is InChI=1S/C23H28N4O5/c1-21(2)10-15-11-22(3,12-21)17-23(18(28)24(4)20(30)25(5)19(23)29)9-13-8-14(27(31)32)6-7-16(13)26(15)17/h6-8,15,17H,9-12H2,1-5H3/t15-,17+,22+/m0/s1. The first-order valence-electron chi connectivity index (χ1n) is 11.0. The Morgan fingerprint density at radius 1 is 1.03 bits per heavy atom. The van der Waals surface area contributed by atoms with Crippen molar-refractivity contribution in [2.24, 2.45) is 16.2 Å². The molecule has 4 aliphatic rings. The molecule has 1 aliphatic carbocycles. The highest BCUT2D eigenvalue weighted by Crippen LogP contribution is 2.64. The highest BCUT2D eigenvalue weighted by Gasteiger charge is 2.71. The number of barbiturate groups is 1. The lowest BCUT2D eigenvalue weighted by atomic mass is 9.56. The van der Waals surface area contributed by atoms with E-state index in [1.807, 2.05) is 0 Å². The number of non-ortho nitro benzene ring substituents is 1. The number of benzene rings is 1. The molecule has 4 amide bonds. The molecule has 0 radical (unpaired) electrons. The second-order valence-corrected chi connectivity index (χ2v) is 11.1. The van der Waals surface area contributed by atoms with Gasteiger partial charge in [0.15, 0.2) is 5.41 Å². The van der Waals surface area contributed by atoms with Crippen molar-refractivity contribution in [1.82, 2.24) is 9.80 Å². The van der Waals surface area contributed by atoms with E-state index < -0.39 is 34.2 Å². The number of hydrogen-bond acceptors (Lipinski definition) is 6. The first kappa shape index (κ1) is 20.9. The van der Waals surface area contributed by atoms with Gasteiger partial charge in [-0.05, 0) is 41.7 Å². The normalized spacial score (nSPS) is 32.3. The van der Waals surface area contributed by atoms with E-state index >= 15 is 0 Å². The van der Waals surface area contributed by atoms with Gasteiger partial charge in [0.2, 0.25) is 11.8 Å². The van der Waals surface area contributed by atoms with Crippen LogP contribution in [-0.2, 0) is 16.0 Å². The molecule has 0 N–H and O–H groups in total. The van der Waals surface area contributed by atoms with Crippen LogP contribution in [0.5, 0.6) is 0 Å². The van der Waals surface area contributed by atoms with Crippen LogP contribution in [0.3, 0.4) is 0 Å². The van der Waals surface area contributed by atoms with Gasteiger partial charge in [-0.1, -0.05) is 20.8 Å². The van der Waals surface area contributed by atoms with Crippen LogP contribution in [0.15, 0.2) is 18.2 Å². The second-order valence-electron chi connectivity index (χ2n) is 11.1. The maximum atomic E-state index is 13.8. The minimum Gasteiger partial charge on any atom is -0.363 e. The van der Waals surface area contributed by atoms with Crippen LogP contribution in [0.25, 0.3) is 0 Å². The molecule has 2 saturated heterocycles. The topological polar surface area (TPSA) is 104 Å². The van der Waals surface area contributed by atoms with Crippen molar-refractivity contribution < 1.29 is 19.3 Å². The van der Waals surface area contributed by atoms with E-state index in [0.717, 1.165) is 34.7 Å². The Morgan fingerprint density at radius 2 is 1.66 bits per heavy atom. The number of carbonyl (C=O) groups excluding carboxylic acids is 3. The van der Waals surface area contributed by atoms with Crippen molar-refractivity contribution in [3.63, 3.8) is 0 Å². The zero-order chi connectivity index (χ0) is 23.4. The molecule has 3 atom stereocenters. The fourth-order valence-electron chi connectivity index (χ4n) is 7.56. The van der Waals surface area contributed by atoms with Gasteiger partial charge in [-0.25, -0.2) is 4.79 Å². The Bertz CT molecular complexity index is 1070. The molecule has 1 spiro atoms. The Balaban J connectivity index is 1.79. The highest BCUT2D eigenvalue weighted by atomic mass is 16.6. The largest absolute Gasteiger partial charge is 0.363 e. The fraction of sp³-hybridized carbons (Fsp3) is 0.609.